The summed E-state index contributed by atoms with van der Waals surface area (Å²) in [6, 6.07) is 24.2. The Balaban J connectivity index is 1.62. The number of rotatable bonds is 5. The van der Waals surface area contributed by atoms with Crippen LogP contribution < -0.4 is 5.32 Å². The van der Waals surface area contributed by atoms with Crippen LogP contribution in [0.3, 0.4) is 0 Å². The van der Waals surface area contributed by atoms with Gasteiger partial charge in [-0.2, -0.15) is 0 Å². The summed E-state index contributed by atoms with van der Waals surface area (Å²) in [5.74, 6) is 0. The topological polar surface area (TPSA) is 67.8 Å². The van der Waals surface area contributed by atoms with Gasteiger partial charge in [-0.05, 0) is 28.8 Å². The van der Waals surface area contributed by atoms with Crippen LogP contribution in [0, 0.1) is 0 Å². The molecule has 5 rings (SSSR count). The lowest BCUT2D eigenvalue weighted by Gasteiger charge is -2.15. The maximum Gasteiger partial charge on any atom is 0.150 e. The van der Waals surface area contributed by atoms with Gasteiger partial charge in [-0.15, -0.1) is 0 Å². The van der Waals surface area contributed by atoms with E-state index in [9.17, 15) is 4.79 Å². The van der Waals surface area contributed by atoms with Crippen LogP contribution in [0.5, 0.6) is 0 Å². The van der Waals surface area contributed by atoms with Gasteiger partial charge in [0.25, 0.3) is 0 Å². The number of fused-ring (bicyclic) bond motifs is 1. The van der Waals surface area contributed by atoms with Crippen LogP contribution in [0.15, 0.2) is 97.6 Å². The van der Waals surface area contributed by atoms with Crippen LogP contribution in [-0.4, -0.2) is 21.2 Å². The first-order valence-corrected chi connectivity index (χ1v) is 9.89. The van der Waals surface area contributed by atoms with Gasteiger partial charge in [-0.1, -0.05) is 60.7 Å². The van der Waals surface area contributed by atoms with E-state index in [1.165, 1.54) is 0 Å². The Bertz CT molecular complexity index is 1380. The standard InChI is InChI=1S/C26H18N4O/c31-17-18-9-10-22(21-8-4-7-20(14-21)19-5-2-1-3-6-19)23(13-18)30-25-16-27-15-24-26(25)29-12-11-28-24/h1-17,30H. The van der Waals surface area contributed by atoms with E-state index in [1.54, 1.807) is 24.8 Å². The Labute approximate surface area is 179 Å². The zero-order valence-electron chi connectivity index (χ0n) is 16.6. The first kappa shape index (κ1) is 18.6. The summed E-state index contributed by atoms with van der Waals surface area (Å²) in [7, 11) is 0. The van der Waals surface area contributed by atoms with Crippen LogP contribution in [-0.2, 0) is 0 Å². The largest absolute Gasteiger partial charge is 0.352 e. The zero-order valence-corrected chi connectivity index (χ0v) is 16.6. The van der Waals surface area contributed by atoms with Crippen LogP contribution in [0.2, 0.25) is 0 Å². The van der Waals surface area contributed by atoms with Crippen LogP contribution in [0.4, 0.5) is 11.4 Å². The molecule has 5 heteroatoms. The van der Waals surface area contributed by atoms with Crippen LogP contribution in [0.1, 0.15) is 10.4 Å². The van der Waals surface area contributed by atoms with Crippen molar-refractivity contribution in [2.24, 2.45) is 0 Å². The summed E-state index contributed by atoms with van der Waals surface area (Å²) in [5, 5.41) is 3.42. The van der Waals surface area contributed by atoms with Crippen molar-refractivity contribution in [1.29, 1.82) is 0 Å². The molecule has 1 N–H and O–H groups in total. The van der Waals surface area contributed by atoms with Gasteiger partial charge in [-0.3, -0.25) is 19.7 Å². The minimum Gasteiger partial charge on any atom is -0.352 e. The predicted molar refractivity (Wildman–Crippen MR) is 123 cm³/mol. The van der Waals surface area contributed by atoms with Crippen LogP contribution in [0.25, 0.3) is 33.3 Å². The van der Waals surface area contributed by atoms with Gasteiger partial charge in [0.15, 0.2) is 0 Å². The number of hydrogen-bond donors (Lipinski definition) is 1. The first-order valence-electron chi connectivity index (χ1n) is 9.89. The molecule has 0 radical (unpaired) electrons. The number of benzene rings is 3. The molecule has 0 aliphatic heterocycles. The van der Waals surface area contributed by atoms with E-state index in [2.05, 4.69) is 50.6 Å². The average molecular weight is 402 g/mol. The van der Waals surface area contributed by atoms with Gasteiger partial charge in [0.05, 0.1) is 18.1 Å². The summed E-state index contributed by atoms with van der Waals surface area (Å²) < 4.78 is 0. The van der Waals surface area contributed by atoms with Gasteiger partial charge < -0.3 is 5.32 Å². The van der Waals surface area contributed by atoms with E-state index in [0.717, 1.165) is 45.4 Å². The number of nitrogens with zero attached hydrogens (tertiary/aromatic N) is 3. The number of hydrogen-bond acceptors (Lipinski definition) is 5. The quantitative estimate of drug-likeness (QED) is 0.370. The number of aldehydes is 1. The Kier molecular flexibility index (Phi) is 4.91. The normalized spacial score (nSPS) is 10.7. The molecule has 0 fully saturated rings. The fourth-order valence-electron chi connectivity index (χ4n) is 3.62. The summed E-state index contributed by atoms with van der Waals surface area (Å²) in [6.07, 6.45) is 7.53. The SMILES string of the molecule is O=Cc1ccc(-c2cccc(-c3ccccc3)c2)c(Nc2cncc3nccnc23)c1. The van der Waals surface area contributed by atoms with Gasteiger partial charge >= 0.3 is 0 Å². The lowest BCUT2D eigenvalue weighted by molar-refractivity contribution is 0.112. The highest BCUT2D eigenvalue weighted by atomic mass is 16.1. The molecule has 31 heavy (non-hydrogen) atoms. The van der Waals surface area contributed by atoms with Gasteiger partial charge in [0, 0.05) is 29.2 Å². The number of carbonyl (C=O) groups excluding carboxylic acids is 1. The number of nitrogens with one attached hydrogen (secondary N) is 1. The lowest BCUT2D eigenvalue weighted by Crippen LogP contribution is -1.98. The maximum atomic E-state index is 11.4. The van der Waals surface area contributed by atoms with Gasteiger partial charge in [0.1, 0.15) is 17.3 Å². The fourth-order valence-corrected chi connectivity index (χ4v) is 3.62. The molecule has 0 saturated carbocycles. The first-order chi connectivity index (χ1) is 15.3. The van der Waals surface area contributed by atoms with Crippen molar-refractivity contribution in [1.82, 2.24) is 15.0 Å². The number of anilines is 2. The molecular formula is C26H18N4O. The highest BCUT2D eigenvalue weighted by Gasteiger charge is 2.11. The highest BCUT2D eigenvalue weighted by molar-refractivity contribution is 5.93. The monoisotopic (exact) mass is 402 g/mol. The van der Waals surface area contributed by atoms with E-state index in [4.69, 9.17) is 0 Å². The van der Waals surface area contributed by atoms with Crippen molar-refractivity contribution in [3.05, 3.63) is 103 Å². The van der Waals surface area contributed by atoms with E-state index in [0.29, 0.717) is 11.1 Å². The molecule has 0 aliphatic rings. The second kappa shape index (κ2) is 8.16. The van der Waals surface area contributed by atoms with Gasteiger partial charge in [-0.25, -0.2) is 0 Å². The van der Waals surface area contributed by atoms with E-state index >= 15 is 0 Å². The molecule has 5 aromatic rings. The number of carbonyl (C=O) groups is 1. The molecule has 2 heterocycles. The highest BCUT2D eigenvalue weighted by Crippen LogP contribution is 2.34. The zero-order chi connectivity index (χ0) is 21.0. The Hall–Kier alpha value is -4.38. The van der Waals surface area contributed by atoms with Crippen molar-refractivity contribution in [3.8, 4) is 22.3 Å². The van der Waals surface area contributed by atoms with Crippen molar-refractivity contribution < 1.29 is 4.79 Å². The minimum absolute atomic E-state index is 0.588. The molecule has 2 aromatic heterocycles. The molecular weight excluding hydrogens is 384 g/mol. The molecule has 0 atom stereocenters. The van der Waals surface area contributed by atoms with Crippen LogP contribution >= 0.6 is 0 Å². The minimum atomic E-state index is 0.588. The third-order valence-corrected chi connectivity index (χ3v) is 5.11. The Morgan fingerprint density at radius 1 is 0.710 bits per heavy atom. The molecule has 0 spiro atoms. The third-order valence-electron chi connectivity index (χ3n) is 5.11. The van der Waals surface area contributed by atoms with Crippen molar-refractivity contribution in [2.45, 2.75) is 0 Å². The number of pyridine rings is 1. The number of aromatic nitrogens is 3. The van der Waals surface area contributed by atoms with E-state index < -0.39 is 0 Å². The fraction of sp³-hybridized carbons (Fsp3) is 0. The molecule has 0 aliphatic carbocycles. The van der Waals surface area contributed by atoms with E-state index in [1.807, 2.05) is 42.5 Å². The summed E-state index contributed by atoms with van der Waals surface area (Å²) in [6.45, 7) is 0. The lowest BCUT2D eigenvalue weighted by atomic mass is 9.97. The Morgan fingerprint density at radius 3 is 2.39 bits per heavy atom. The summed E-state index contributed by atoms with van der Waals surface area (Å²) in [4.78, 5) is 24.5. The van der Waals surface area contributed by atoms with Crippen molar-refractivity contribution in [3.63, 3.8) is 0 Å². The third kappa shape index (κ3) is 3.76. The maximum absolute atomic E-state index is 11.4. The Morgan fingerprint density at radius 2 is 1.52 bits per heavy atom. The summed E-state index contributed by atoms with van der Waals surface area (Å²) in [5.41, 5.74) is 7.83. The summed E-state index contributed by atoms with van der Waals surface area (Å²) >= 11 is 0. The second-order valence-corrected chi connectivity index (χ2v) is 7.11. The molecule has 148 valence electrons. The van der Waals surface area contributed by atoms with Gasteiger partial charge in [0.2, 0.25) is 0 Å². The molecule has 5 nitrogen and oxygen atoms in total. The molecule has 0 amide bonds. The molecule has 0 unspecified atom stereocenters. The van der Waals surface area contributed by atoms with E-state index in [-0.39, 0.29) is 0 Å². The molecule has 3 aromatic carbocycles. The average Bonchev–Trinajstić information content (AvgIpc) is 2.85. The predicted octanol–water partition coefficient (Wildman–Crippen LogP) is 5.91. The van der Waals surface area contributed by atoms with Crippen molar-refractivity contribution >= 4 is 28.7 Å². The van der Waals surface area contributed by atoms with Crippen molar-refractivity contribution in [2.75, 3.05) is 5.32 Å². The molecule has 0 saturated heterocycles. The molecule has 0 bridgehead atoms. The smallest absolute Gasteiger partial charge is 0.150 e. The second-order valence-electron chi connectivity index (χ2n) is 7.11.